The van der Waals surface area contributed by atoms with Crippen molar-refractivity contribution < 1.29 is 13.2 Å². The lowest BCUT2D eigenvalue weighted by atomic mass is 9.82. The number of aryl methyl sites for hydroxylation is 1. The van der Waals surface area contributed by atoms with Gasteiger partial charge in [-0.05, 0) is 49.3 Å². The second-order valence-electron chi connectivity index (χ2n) is 8.19. The minimum Gasteiger partial charge on any atom is -0.316 e. The lowest BCUT2D eigenvalue weighted by molar-refractivity contribution is -0.141. The molecule has 0 bridgehead atoms. The van der Waals surface area contributed by atoms with E-state index in [0.29, 0.717) is 22.2 Å². The standard InChI is InChI=1S/C20H19ClF3N5O/c1-28-17(13-6-7-29(12-4-5-12)18(30)15(13)27-28)19(25,10-2-3-10)11-8-14(21)16(26-9-11)20(22,23)24/h6-10,12H,2-5,25H2,1H3/t19-/m1/s1. The molecule has 0 aromatic carbocycles. The third kappa shape index (κ3) is 2.86. The van der Waals surface area contributed by atoms with Crippen LogP contribution in [-0.4, -0.2) is 19.3 Å². The second kappa shape index (κ2) is 6.31. The molecule has 0 amide bonds. The predicted octanol–water partition coefficient (Wildman–Crippen LogP) is 3.75. The molecule has 0 spiro atoms. The maximum atomic E-state index is 13.1. The van der Waals surface area contributed by atoms with E-state index >= 15 is 0 Å². The molecule has 5 rings (SSSR count). The van der Waals surface area contributed by atoms with E-state index in [9.17, 15) is 18.0 Å². The van der Waals surface area contributed by atoms with Crippen LogP contribution >= 0.6 is 11.6 Å². The first-order chi connectivity index (χ1) is 14.1. The largest absolute Gasteiger partial charge is 0.434 e. The van der Waals surface area contributed by atoms with Gasteiger partial charge in [-0.3, -0.25) is 9.48 Å². The number of hydrogen-bond donors (Lipinski definition) is 1. The van der Waals surface area contributed by atoms with Crippen molar-refractivity contribution in [2.45, 2.75) is 43.4 Å². The fourth-order valence-corrected chi connectivity index (χ4v) is 4.58. The van der Waals surface area contributed by atoms with E-state index in [1.54, 1.807) is 22.5 Å². The van der Waals surface area contributed by atoms with Gasteiger partial charge in [0.15, 0.2) is 11.2 Å². The van der Waals surface area contributed by atoms with Gasteiger partial charge in [-0.25, -0.2) is 4.98 Å². The Hall–Kier alpha value is -2.39. The van der Waals surface area contributed by atoms with Crippen LogP contribution in [0.2, 0.25) is 5.02 Å². The number of nitrogens with two attached hydrogens (primary N) is 1. The van der Waals surface area contributed by atoms with E-state index in [1.807, 2.05) is 6.07 Å². The highest BCUT2D eigenvalue weighted by molar-refractivity contribution is 6.31. The summed E-state index contributed by atoms with van der Waals surface area (Å²) in [5.41, 5.74) is 5.67. The molecule has 2 aliphatic carbocycles. The van der Waals surface area contributed by atoms with Crippen LogP contribution in [0.4, 0.5) is 13.2 Å². The number of hydrogen-bond acceptors (Lipinski definition) is 4. The molecule has 158 valence electrons. The summed E-state index contributed by atoms with van der Waals surface area (Å²) in [7, 11) is 1.69. The Labute approximate surface area is 174 Å². The van der Waals surface area contributed by atoms with Crippen LogP contribution in [0.1, 0.15) is 48.7 Å². The third-order valence-corrected chi connectivity index (χ3v) is 6.35. The van der Waals surface area contributed by atoms with Gasteiger partial charge in [0, 0.05) is 30.9 Å². The van der Waals surface area contributed by atoms with Crippen molar-refractivity contribution in [3.05, 3.63) is 56.9 Å². The van der Waals surface area contributed by atoms with Crippen LogP contribution in [0.25, 0.3) is 10.9 Å². The molecular formula is C20H19ClF3N5O. The van der Waals surface area contributed by atoms with Crippen molar-refractivity contribution in [3.8, 4) is 0 Å². The van der Waals surface area contributed by atoms with Crippen molar-refractivity contribution in [2.75, 3.05) is 0 Å². The van der Waals surface area contributed by atoms with Gasteiger partial charge in [-0.15, -0.1) is 0 Å². The van der Waals surface area contributed by atoms with E-state index in [0.717, 1.165) is 31.9 Å². The molecule has 30 heavy (non-hydrogen) atoms. The summed E-state index contributed by atoms with van der Waals surface area (Å²) in [6.45, 7) is 0. The number of pyridine rings is 2. The summed E-state index contributed by atoms with van der Waals surface area (Å²) in [5.74, 6) is -0.0171. The summed E-state index contributed by atoms with van der Waals surface area (Å²) in [6.07, 6.45) is 1.77. The Morgan fingerprint density at radius 1 is 1.23 bits per heavy atom. The number of fused-ring (bicyclic) bond motifs is 1. The van der Waals surface area contributed by atoms with E-state index in [-0.39, 0.29) is 17.5 Å². The maximum absolute atomic E-state index is 13.1. The van der Waals surface area contributed by atoms with Gasteiger partial charge in [0.2, 0.25) is 0 Å². The molecule has 2 fully saturated rings. The molecule has 2 N–H and O–H groups in total. The lowest BCUT2D eigenvalue weighted by Gasteiger charge is -2.31. The number of aromatic nitrogens is 4. The minimum atomic E-state index is -4.65. The molecule has 3 aromatic heterocycles. The average molecular weight is 438 g/mol. The molecule has 0 aliphatic heterocycles. The van der Waals surface area contributed by atoms with Crippen molar-refractivity contribution in [2.24, 2.45) is 18.7 Å². The van der Waals surface area contributed by atoms with Crippen molar-refractivity contribution in [1.29, 1.82) is 0 Å². The molecule has 2 saturated carbocycles. The molecular weight excluding hydrogens is 419 g/mol. The fourth-order valence-electron chi connectivity index (χ4n) is 4.31. The molecule has 3 heterocycles. The summed E-state index contributed by atoms with van der Waals surface area (Å²) in [5, 5.41) is 4.53. The van der Waals surface area contributed by atoms with E-state index < -0.39 is 22.4 Å². The first-order valence-corrected chi connectivity index (χ1v) is 10.1. The molecule has 0 saturated heterocycles. The van der Waals surface area contributed by atoms with Crippen LogP contribution in [0.3, 0.4) is 0 Å². The third-order valence-electron chi connectivity index (χ3n) is 6.06. The number of halogens is 4. The smallest absolute Gasteiger partial charge is 0.316 e. The SMILES string of the molecule is Cn1nc2c(=O)n(C3CC3)ccc2c1[C@](N)(c1cnc(C(F)(F)F)c(Cl)c1)C1CC1. The van der Waals surface area contributed by atoms with Crippen LogP contribution in [0.5, 0.6) is 0 Å². The van der Waals surface area contributed by atoms with Gasteiger partial charge in [-0.1, -0.05) is 11.6 Å². The Morgan fingerprint density at radius 2 is 1.93 bits per heavy atom. The number of rotatable bonds is 4. The highest BCUT2D eigenvalue weighted by Gasteiger charge is 2.49. The van der Waals surface area contributed by atoms with Crippen molar-refractivity contribution >= 4 is 22.5 Å². The van der Waals surface area contributed by atoms with Crippen molar-refractivity contribution in [1.82, 2.24) is 19.3 Å². The zero-order valence-corrected chi connectivity index (χ0v) is 16.8. The molecule has 2 aliphatic rings. The first kappa shape index (κ1) is 19.6. The highest BCUT2D eigenvalue weighted by Crippen LogP contribution is 2.50. The monoisotopic (exact) mass is 437 g/mol. The second-order valence-corrected chi connectivity index (χ2v) is 8.60. The van der Waals surface area contributed by atoms with Gasteiger partial charge in [0.25, 0.3) is 5.56 Å². The Kier molecular flexibility index (Phi) is 4.11. The Balaban J connectivity index is 1.71. The molecule has 10 heteroatoms. The van der Waals surface area contributed by atoms with Gasteiger partial charge in [-0.2, -0.15) is 18.3 Å². The summed E-state index contributed by atoms with van der Waals surface area (Å²) >= 11 is 5.94. The normalized spacial score (nSPS) is 19.3. The highest BCUT2D eigenvalue weighted by atomic mass is 35.5. The zero-order chi connectivity index (χ0) is 21.4. The summed E-state index contributed by atoms with van der Waals surface area (Å²) < 4.78 is 42.6. The van der Waals surface area contributed by atoms with Crippen LogP contribution in [-0.2, 0) is 18.8 Å². The van der Waals surface area contributed by atoms with Crippen LogP contribution < -0.4 is 11.3 Å². The number of nitrogens with zero attached hydrogens (tertiary/aromatic N) is 4. The predicted molar refractivity (Wildman–Crippen MR) is 105 cm³/mol. The quantitative estimate of drug-likeness (QED) is 0.674. The number of alkyl halides is 3. The average Bonchev–Trinajstić information content (AvgIpc) is 3.57. The maximum Gasteiger partial charge on any atom is 0.434 e. The van der Waals surface area contributed by atoms with Gasteiger partial charge in [0.1, 0.15) is 0 Å². The molecule has 6 nitrogen and oxygen atoms in total. The first-order valence-electron chi connectivity index (χ1n) is 9.72. The van der Waals surface area contributed by atoms with Crippen molar-refractivity contribution in [3.63, 3.8) is 0 Å². The van der Waals surface area contributed by atoms with E-state index in [2.05, 4.69) is 10.1 Å². The van der Waals surface area contributed by atoms with E-state index in [4.69, 9.17) is 17.3 Å². The summed E-state index contributed by atoms with van der Waals surface area (Å²) in [4.78, 5) is 16.5. The Morgan fingerprint density at radius 3 is 2.50 bits per heavy atom. The van der Waals surface area contributed by atoms with Gasteiger partial charge >= 0.3 is 6.18 Å². The molecule has 0 unspecified atom stereocenters. The van der Waals surface area contributed by atoms with Crippen LogP contribution in [0.15, 0.2) is 29.3 Å². The molecule has 0 radical (unpaired) electrons. The topological polar surface area (TPSA) is 78.7 Å². The van der Waals surface area contributed by atoms with Gasteiger partial charge < -0.3 is 10.3 Å². The lowest BCUT2D eigenvalue weighted by Crippen LogP contribution is -2.42. The van der Waals surface area contributed by atoms with Gasteiger partial charge in [0.05, 0.1) is 16.3 Å². The summed E-state index contributed by atoms with van der Waals surface area (Å²) in [6, 6.07) is 3.26. The Bertz CT molecular complexity index is 1230. The molecule has 3 aromatic rings. The minimum absolute atomic E-state index is 0.0171. The fraction of sp³-hybridized carbons (Fsp3) is 0.450. The van der Waals surface area contributed by atoms with Crippen LogP contribution in [0, 0.1) is 5.92 Å². The molecule has 1 atom stereocenters. The zero-order valence-electron chi connectivity index (χ0n) is 16.1. The van der Waals surface area contributed by atoms with E-state index in [1.165, 1.54) is 6.07 Å².